The van der Waals surface area contributed by atoms with Gasteiger partial charge in [0, 0.05) is 18.0 Å². The molecule has 0 saturated heterocycles. The zero-order valence-corrected chi connectivity index (χ0v) is 12.5. The Labute approximate surface area is 116 Å². The van der Waals surface area contributed by atoms with Gasteiger partial charge < -0.3 is 11.1 Å². The quantitative estimate of drug-likeness (QED) is 0.875. The Morgan fingerprint density at radius 2 is 2.00 bits per heavy atom. The van der Waals surface area contributed by atoms with E-state index in [2.05, 4.69) is 36.1 Å². The van der Waals surface area contributed by atoms with Crippen molar-refractivity contribution in [2.24, 2.45) is 11.8 Å². The number of anilines is 2. The molecular formula is C15H26N4. The van der Waals surface area contributed by atoms with Gasteiger partial charge in [0.2, 0.25) is 0 Å². The second kappa shape index (κ2) is 5.76. The molecule has 1 aromatic heterocycles. The Morgan fingerprint density at radius 3 is 2.58 bits per heavy atom. The highest BCUT2D eigenvalue weighted by atomic mass is 15.1. The summed E-state index contributed by atoms with van der Waals surface area (Å²) in [6.45, 7) is 8.78. The van der Waals surface area contributed by atoms with Crippen molar-refractivity contribution in [2.75, 3.05) is 11.1 Å². The fraction of sp³-hybridized carbons (Fsp3) is 0.733. The van der Waals surface area contributed by atoms with Gasteiger partial charge in [0.05, 0.1) is 0 Å². The summed E-state index contributed by atoms with van der Waals surface area (Å²) in [6.07, 6.45) is 4.43. The second-order valence-electron chi connectivity index (χ2n) is 5.91. The lowest BCUT2D eigenvalue weighted by Gasteiger charge is -2.22. The highest BCUT2D eigenvalue weighted by Gasteiger charge is 2.30. The van der Waals surface area contributed by atoms with Crippen molar-refractivity contribution in [2.45, 2.75) is 59.4 Å². The number of nitrogens with two attached hydrogens (primary N) is 1. The molecular weight excluding hydrogens is 236 g/mol. The Kier molecular flexibility index (Phi) is 4.27. The van der Waals surface area contributed by atoms with Crippen LogP contribution in [0.2, 0.25) is 0 Å². The minimum Gasteiger partial charge on any atom is -0.383 e. The van der Waals surface area contributed by atoms with Crippen molar-refractivity contribution in [3.63, 3.8) is 0 Å². The van der Waals surface area contributed by atoms with Gasteiger partial charge in [0.15, 0.2) is 0 Å². The monoisotopic (exact) mass is 262 g/mol. The maximum absolute atomic E-state index is 6.00. The number of aromatic nitrogens is 2. The van der Waals surface area contributed by atoms with Gasteiger partial charge in [-0.15, -0.1) is 0 Å². The highest BCUT2D eigenvalue weighted by molar-refractivity contribution is 5.55. The number of nitrogens with zero attached hydrogens (tertiary/aromatic N) is 2. The maximum Gasteiger partial charge on any atom is 0.134 e. The molecule has 3 atom stereocenters. The zero-order valence-electron chi connectivity index (χ0n) is 12.5. The predicted octanol–water partition coefficient (Wildman–Crippen LogP) is 3.17. The first-order chi connectivity index (χ1) is 9.02. The summed E-state index contributed by atoms with van der Waals surface area (Å²) < 4.78 is 0. The molecule has 0 amide bonds. The van der Waals surface area contributed by atoms with Crippen LogP contribution in [0.4, 0.5) is 11.6 Å². The lowest BCUT2D eigenvalue weighted by atomic mass is 9.98. The van der Waals surface area contributed by atoms with Crippen LogP contribution in [-0.4, -0.2) is 16.0 Å². The van der Waals surface area contributed by atoms with E-state index >= 15 is 0 Å². The lowest BCUT2D eigenvalue weighted by Crippen LogP contribution is -2.25. The Balaban J connectivity index is 2.19. The molecule has 2 rings (SSSR count). The number of rotatable bonds is 4. The average molecular weight is 262 g/mol. The van der Waals surface area contributed by atoms with Crippen molar-refractivity contribution in [3.05, 3.63) is 11.4 Å². The first-order valence-electron chi connectivity index (χ1n) is 7.42. The molecule has 3 unspecified atom stereocenters. The molecule has 106 valence electrons. The number of nitrogens with one attached hydrogen (secondary N) is 1. The minimum atomic E-state index is 0.512. The molecule has 1 fully saturated rings. The second-order valence-corrected chi connectivity index (χ2v) is 5.91. The summed E-state index contributed by atoms with van der Waals surface area (Å²) in [6, 6.07) is 0.512. The van der Waals surface area contributed by atoms with Gasteiger partial charge >= 0.3 is 0 Å². The minimum absolute atomic E-state index is 0.512. The molecule has 1 heterocycles. The summed E-state index contributed by atoms with van der Waals surface area (Å²) in [5, 5.41) is 3.60. The van der Waals surface area contributed by atoms with Crippen LogP contribution in [0.15, 0.2) is 0 Å². The topological polar surface area (TPSA) is 63.8 Å². The summed E-state index contributed by atoms with van der Waals surface area (Å²) in [5.41, 5.74) is 6.98. The van der Waals surface area contributed by atoms with Gasteiger partial charge in [-0.05, 0) is 38.0 Å². The van der Waals surface area contributed by atoms with E-state index in [4.69, 9.17) is 5.73 Å². The van der Waals surface area contributed by atoms with E-state index in [-0.39, 0.29) is 0 Å². The van der Waals surface area contributed by atoms with E-state index in [1.165, 1.54) is 12.8 Å². The molecule has 0 bridgehead atoms. The van der Waals surface area contributed by atoms with Gasteiger partial charge in [0.25, 0.3) is 0 Å². The van der Waals surface area contributed by atoms with Crippen LogP contribution in [0.1, 0.15) is 51.4 Å². The molecule has 1 saturated carbocycles. The van der Waals surface area contributed by atoms with Crippen molar-refractivity contribution in [1.82, 2.24) is 9.97 Å². The normalized spacial score (nSPS) is 26.6. The van der Waals surface area contributed by atoms with Gasteiger partial charge in [-0.3, -0.25) is 0 Å². The van der Waals surface area contributed by atoms with Gasteiger partial charge in [0.1, 0.15) is 17.5 Å². The third kappa shape index (κ3) is 2.99. The van der Waals surface area contributed by atoms with Crippen molar-refractivity contribution < 1.29 is 0 Å². The Hall–Kier alpha value is -1.32. The van der Waals surface area contributed by atoms with Crippen LogP contribution in [0, 0.1) is 18.8 Å². The van der Waals surface area contributed by atoms with E-state index in [1.54, 1.807) is 0 Å². The molecule has 0 aliphatic heterocycles. The van der Waals surface area contributed by atoms with Gasteiger partial charge in [-0.2, -0.15) is 0 Å². The van der Waals surface area contributed by atoms with Crippen LogP contribution >= 0.6 is 0 Å². The molecule has 3 N–H and O–H groups in total. The van der Waals surface area contributed by atoms with Crippen molar-refractivity contribution >= 4 is 11.6 Å². The van der Waals surface area contributed by atoms with Crippen LogP contribution in [-0.2, 0) is 6.42 Å². The number of nitrogen functional groups attached to an aromatic ring is 1. The molecule has 0 radical (unpaired) electrons. The predicted molar refractivity (Wildman–Crippen MR) is 80.1 cm³/mol. The number of hydrogen-bond donors (Lipinski definition) is 2. The highest BCUT2D eigenvalue weighted by Crippen LogP contribution is 2.33. The first-order valence-corrected chi connectivity index (χ1v) is 7.42. The number of hydrogen-bond acceptors (Lipinski definition) is 4. The molecule has 4 heteroatoms. The fourth-order valence-corrected chi connectivity index (χ4v) is 2.80. The zero-order chi connectivity index (χ0) is 14.0. The smallest absolute Gasteiger partial charge is 0.134 e. The Bertz CT molecular complexity index is 444. The van der Waals surface area contributed by atoms with E-state index in [9.17, 15) is 0 Å². The molecule has 1 aliphatic carbocycles. The lowest BCUT2D eigenvalue weighted by molar-refractivity contribution is 0.435. The summed E-state index contributed by atoms with van der Waals surface area (Å²) in [5.74, 6) is 3.87. The largest absolute Gasteiger partial charge is 0.383 e. The Morgan fingerprint density at radius 1 is 1.26 bits per heavy atom. The third-order valence-electron chi connectivity index (χ3n) is 4.49. The fourth-order valence-electron chi connectivity index (χ4n) is 2.80. The standard InChI is InChI=1S/C15H26N4/c1-5-6-13-18-14(16)11(4)15(19-13)17-12-8-7-9(2)10(12)3/h9-10,12H,5-8H2,1-4H3,(H3,16,17,18,19). The van der Waals surface area contributed by atoms with Crippen LogP contribution in [0.5, 0.6) is 0 Å². The average Bonchev–Trinajstić information content (AvgIpc) is 2.67. The van der Waals surface area contributed by atoms with Crippen LogP contribution < -0.4 is 11.1 Å². The molecule has 4 nitrogen and oxygen atoms in total. The maximum atomic E-state index is 6.00. The molecule has 0 spiro atoms. The third-order valence-corrected chi connectivity index (χ3v) is 4.49. The molecule has 0 aromatic carbocycles. The van der Waals surface area contributed by atoms with Crippen LogP contribution in [0.3, 0.4) is 0 Å². The summed E-state index contributed by atoms with van der Waals surface area (Å²) >= 11 is 0. The van der Waals surface area contributed by atoms with Crippen LogP contribution in [0.25, 0.3) is 0 Å². The summed E-state index contributed by atoms with van der Waals surface area (Å²) in [7, 11) is 0. The van der Waals surface area contributed by atoms with Crippen molar-refractivity contribution in [3.8, 4) is 0 Å². The summed E-state index contributed by atoms with van der Waals surface area (Å²) in [4.78, 5) is 9.00. The first kappa shape index (κ1) is 14.1. The molecule has 1 aromatic rings. The molecule has 19 heavy (non-hydrogen) atoms. The van der Waals surface area contributed by atoms with Gasteiger partial charge in [-0.25, -0.2) is 9.97 Å². The van der Waals surface area contributed by atoms with E-state index in [1.807, 2.05) is 6.92 Å². The number of aryl methyl sites for hydroxylation is 1. The van der Waals surface area contributed by atoms with Gasteiger partial charge in [-0.1, -0.05) is 20.8 Å². The van der Waals surface area contributed by atoms with E-state index in [0.717, 1.165) is 36.0 Å². The molecule has 1 aliphatic rings. The van der Waals surface area contributed by atoms with E-state index in [0.29, 0.717) is 17.8 Å². The SMILES string of the molecule is CCCc1nc(N)c(C)c(NC2CCC(C)C2C)n1. The van der Waals surface area contributed by atoms with Crippen molar-refractivity contribution in [1.29, 1.82) is 0 Å². The van der Waals surface area contributed by atoms with E-state index < -0.39 is 0 Å².